The third-order valence-electron chi connectivity index (χ3n) is 6.05. The van der Waals surface area contributed by atoms with Crippen molar-refractivity contribution >= 4 is 21.6 Å². The summed E-state index contributed by atoms with van der Waals surface area (Å²) < 4.78 is 37.8. The molecule has 1 aliphatic heterocycles. The van der Waals surface area contributed by atoms with Crippen molar-refractivity contribution < 1.29 is 22.7 Å². The summed E-state index contributed by atoms with van der Waals surface area (Å²) in [5.41, 5.74) is 4.15. The van der Waals surface area contributed by atoms with Gasteiger partial charge in [-0.15, -0.1) is 0 Å². The Balaban J connectivity index is 1.50. The highest BCUT2D eigenvalue weighted by Gasteiger charge is 2.26. The number of aryl methyl sites for hydroxylation is 2. The fraction of sp³-hybridized carbons (Fsp3) is 0.458. The van der Waals surface area contributed by atoms with Crippen LogP contribution in [0.4, 0.5) is 5.69 Å². The Morgan fingerprint density at radius 3 is 2.50 bits per heavy atom. The van der Waals surface area contributed by atoms with Gasteiger partial charge in [0.25, 0.3) is 0 Å². The van der Waals surface area contributed by atoms with Crippen LogP contribution in [0, 0.1) is 0 Å². The Labute approximate surface area is 189 Å². The lowest BCUT2D eigenvalue weighted by Crippen LogP contribution is -2.42. The number of fused-ring (bicyclic) bond motifs is 2. The zero-order valence-electron chi connectivity index (χ0n) is 18.6. The molecule has 0 fully saturated rings. The van der Waals surface area contributed by atoms with Crippen LogP contribution >= 0.6 is 0 Å². The summed E-state index contributed by atoms with van der Waals surface area (Å²) in [7, 11) is -3.67. The molecule has 2 aromatic rings. The number of ether oxygens (including phenoxy) is 2. The number of sulfonamides is 1. The second-order valence-corrected chi connectivity index (χ2v) is 10.4. The number of carbonyl (C=O) groups is 1. The average Bonchev–Trinajstić information content (AvgIpc) is 2.81. The van der Waals surface area contributed by atoms with Crippen LogP contribution in [0.5, 0.6) is 11.5 Å². The molecule has 4 rings (SSSR count). The van der Waals surface area contributed by atoms with E-state index >= 15 is 0 Å². The third kappa shape index (κ3) is 4.85. The number of carbonyl (C=O) groups excluding carboxylic acids is 1. The van der Waals surface area contributed by atoms with Crippen LogP contribution < -0.4 is 19.1 Å². The zero-order chi connectivity index (χ0) is 22.7. The fourth-order valence-corrected chi connectivity index (χ4v) is 5.28. The average molecular weight is 459 g/mol. The van der Waals surface area contributed by atoms with Gasteiger partial charge >= 0.3 is 0 Å². The lowest BCUT2D eigenvalue weighted by molar-refractivity contribution is -0.120. The maximum Gasteiger partial charge on any atom is 0.241 e. The highest BCUT2D eigenvalue weighted by molar-refractivity contribution is 7.92. The highest BCUT2D eigenvalue weighted by atomic mass is 32.2. The maximum atomic E-state index is 12.9. The second-order valence-electron chi connectivity index (χ2n) is 8.26. The summed E-state index contributed by atoms with van der Waals surface area (Å²) in [6.07, 6.45) is 4.59. The van der Waals surface area contributed by atoms with E-state index in [1.807, 2.05) is 6.92 Å². The Morgan fingerprint density at radius 1 is 1.03 bits per heavy atom. The molecule has 1 amide bonds. The molecule has 7 nitrogen and oxygen atoms in total. The van der Waals surface area contributed by atoms with Gasteiger partial charge in [-0.05, 0) is 68.4 Å². The Kier molecular flexibility index (Phi) is 6.60. The quantitative estimate of drug-likeness (QED) is 0.688. The molecule has 0 spiro atoms. The van der Waals surface area contributed by atoms with E-state index in [0.717, 1.165) is 22.7 Å². The molecule has 0 radical (unpaired) electrons. The first-order valence-corrected chi connectivity index (χ1v) is 12.8. The van der Waals surface area contributed by atoms with Crippen LogP contribution in [0.3, 0.4) is 0 Å². The van der Waals surface area contributed by atoms with E-state index in [2.05, 4.69) is 23.5 Å². The van der Waals surface area contributed by atoms with Crippen molar-refractivity contribution in [3.63, 3.8) is 0 Å². The van der Waals surface area contributed by atoms with Crippen molar-refractivity contribution in [1.29, 1.82) is 0 Å². The molecule has 1 aliphatic carbocycles. The van der Waals surface area contributed by atoms with Gasteiger partial charge in [0.1, 0.15) is 19.8 Å². The summed E-state index contributed by atoms with van der Waals surface area (Å²) in [6, 6.07) is 11.1. The number of nitrogens with one attached hydrogen (secondary N) is 1. The summed E-state index contributed by atoms with van der Waals surface area (Å²) in [5.74, 6) is 0.573. The van der Waals surface area contributed by atoms with E-state index < -0.39 is 10.0 Å². The lowest BCUT2D eigenvalue weighted by Gasteiger charge is -2.26. The van der Waals surface area contributed by atoms with Crippen molar-refractivity contribution in [2.45, 2.75) is 45.6 Å². The number of rotatable bonds is 7. The minimum absolute atomic E-state index is 0.116. The van der Waals surface area contributed by atoms with Gasteiger partial charge < -0.3 is 14.8 Å². The van der Waals surface area contributed by atoms with Crippen LogP contribution in [-0.2, 0) is 27.7 Å². The number of amides is 1. The molecule has 2 aromatic carbocycles. The van der Waals surface area contributed by atoms with Crippen molar-refractivity contribution in [2.75, 3.05) is 29.8 Å². The van der Waals surface area contributed by atoms with Gasteiger partial charge in [-0.1, -0.05) is 18.2 Å². The molecule has 32 heavy (non-hydrogen) atoms. The van der Waals surface area contributed by atoms with Gasteiger partial charge in [-0.2, -0.15) is 0 Å². The van der Waals surface area contributed by atoms with Crippen LogP contribution in [0.1, 0.15) is 49.4 Å². The molecule has 1 atom stereocenters. The molecule has 0 unspecified atom stereocenters. The third-order valence-corrected chi connectivity index (χ3v) is 7.79. The zero-order valence-corrected chi connectivity index (χ0v) is 19.4. The van der Waals surface area contributed by atoms with Gasteiger partial charge in [-0.3, -0.25) is 9.10 Å². The first-order chi connectivity index (χ1) is 15.4. The van der Waals surface area contributed by atoms with Gasteiger partial charge in [0.05, 0.1) is 17.5 Å². The van der Waals surface area contributed by atoms with E-state index in [-0.39, 0.29) is 24.2 Å². The minimum atomic E-state index is -3.67. The summed E-state index contributed by atoms with van der Waals surface area (Å²) >= 11 is 0. The molecule has 0 aromatic heterocycles. The smallest absolute Gasteiger partial charge is 0.241 e. The highest BCUT2D eigenvalue weighted by Crippen LogP contribution is 2.35. The topological polar surface area (TPSA) is 84.9 Å². The van der Waals surface area contributed by atoms with E-state index in [4.69, 9.17) is 9.47 Å². The Hall–Kier alpha value is -2.74. The molecular formula is C24H30N2O5S. The molecular weight excluding hydrogens is 428 g/mol. The molecule has 1 heterocycles. The van der Waals surface area contributed by atoms with Crippen LogP contribution in [-0.4, -0.2) is 39.8 Å². The van der Waals surface area contributed by atoms with Gasteiger partial charge in [0, 0.05) is 6.07 Å². The van der Waals surface area contributed by atoms with Crippen molar-refractivity contribution in [3.8, 4) is 11.5 Å². The van der Waals surface area contributed by atoms with Crippen LogP contribution in [0.2, 0.25) is 0 Å². The predicted molar refractivity (Wildman–Crippen MR) is 124 cm³/mol. The van der Waals surface area contributed by atoms with Gasteiger partial charge in [-0.25, -0.2) is 8.42 Å². The van der Waals surface area contributed by atoms with Crippen molar-refractivity contribution in [3.05, 3.63) is 53.1 Å². The molecule has 172 valence electrons. The van der Waals surface area contributed by atoms with Crippen molar-refractivity contribution in [1.82, 2.24) is 5.32 Å². The normalized spacial score (nSPS) is 16.1. The largest absolute Gasteiger partial charge is 0.486 e. The first-order valence-electron chi connectivity index (χ1n) is 11.2. The van der Waals surface area contributed by atoms with Gasteiger partial charge in [0.15, 0.2) is 11.5 Å². The summed E-state index contributed by atoms with van der Waals surface area (Å²) in [6.45, 7) is 4.03. The number of hydrogen-bond acceptors (Lipinski definition) is 5. The Morgan fingerprint density at radius 2 is 1.75 bits per heavy atom. The lowest BCUT2D eigenvalue weighted by atomic mass is 9.89. The number of hydrogen-bond donors (Lipinski definition) is 1. The number of nitrogens with zero attached hydrogens (tertiary/aromatic N) is 1. The van der Waals surface area contributed by atoms with Crippen LogP contribution in [0.25, 0.3) is 0 Å². The molecule has 0 saturated heterocycles. The van der Waals surface area contributed by atoms with Crippen LogP contribution in [0.15, 0.2) is 36.4 Å². The Bertz CT molecular complexity index is 1100. The van der Waals surface area contributed by atoms with Crippen molar-refractivity contribution in [2.24, 2.45) is 0 Å². The first kappa shape index (κ1) is 22.5. The predicted octanol–water partition coefficient (Wildman–Crippen LogP) is 3.37. The number of benzene rings is 2. The standard InChI is InChI=1S/C24H30N2O5S/c1-3-32(28,29)26(21-10-11-22-23(15-21)31-13-12-30-22)16-24(27)25-17(2)19-9-8-18-6-4-5-7-20(18)14-19/h8-11,14-15,17H,3-7,12-13,16H2,1-2H3,(H,25,27)/t17-/m0/s1. The molecule has 0 bridgehead atoms. The van der Waals surface area contributed by atoms with Gasteiger partial charge in [0.2, 0.25) is 15.9 Å². The second kappa shape index (κ2) is 9.40. The monoisotopic (exact) mass is 458 g/mol. The number of anilines is 1. The minimum Gasteiger partial charge on any atom is -0.486 e. The molecule has 8 heteroatoms. The fourth-order valence-electron chi connectivity index (χ4n) is 4.22. The van der Waals surface area contributed by atoms with E-state index in [1.54, 1.807) is 25.1 Å². The maximum absolute atomic E-state index is 12.9. The SMILES string of the molecule is CCS(=O)(=O)N(CC(=O)N[C@@H](C)c1ccc2c(c1)CCCC2)c1ccc2c(c1)OCCO2. The summed E-state index contributed by atoms with van der Waals surface area (Å²) in [4.78, 5) is 12.9. The van der Waals surface area contributed by atoms with E-state index in [0.29, 0.717) is 30.4 Å². The molecule has 0 saturated carbocycles. The van der Waals surface area contributed by atoms with E-state index in [9.17, 15) is 13.2 Å². The van der Waals surface area contributed by atoms with E-state index in [1.165, 1.54) is 24.0 Å². The molecule has 1 N–H and O–H groups in total. The molecule has 2 aliphatic rings. The summed E-state index contributed by atoms with van der Waals surface area (Å²) in [5, 5.41) is 2.96.